The van der Waals surface area contributed by atoms with E-state index in [4.69, 9.17) is 4.74 Å². The maximum Gasteiger partial charge on any atom is 0.311 e. The number of benzene rings is 1. The van der Waals surface area contributed by atoms with Crippen molar-refractivity contribution in [3.8, 4) is 0 Å². The van der Waals surface area contributed by atoms with Gasteiger partial charge in [-0.25, -0.2) is 0 Å². The van der Waals surface area contributed by atoms with Gasteiger partial charge in [0.05, 0.1) is 13.0 Å². The van der Waals surface area contributed by atoms with Gasteiger partial charge < -0.3 is 9.64 Å². The number of aryl methyl sites for hydroxylation is 1. The lowest BCUT2D eigenvalue weighted by atomic mass is 9.88. The van der Waals surface area contributed by atoms with Crippen molar-refractivity contribution < 1.29 is 9.53 Å². The maximum atomic E-state index is 11.8. The number of ether oxygens (including phenoxy) is 1. The van der Waals surface area contributed by atoms with Crippen molar-refractivity contribution in [2.24, 2.45) is 5.92 Å². The number of anilines is 1. The van der Waals surface area contributed by atoms with Gasteiger partial charge in [0, 0.05) is 17.8 Å². The molecule has 3 heteroatoms. The molecule has 1 saturated heterocycles. The summed E-state index contributed by atoms with van der Waals surface area (Å²) in [6.07, 6.45) is 0.855. The van der Waals surface area contributed by atoms with Crippen molar-refractivity contribution in [1.82, 2.24) is 0 Å². The number of nitrogens with zero attached hydrogens (tertiary/aromatic N) is 1. The smallest absolute Gasteiger partial charge is 0.311 e. The van der Waals surface area contributed by atoms with Crippen LogP contribution in [0.4, 0.5) is 5.69 Å². The Bertz CT molecular complexity index is 454. The number of carbonyl (C=O) groups is 1. The van der Waals surface area contributed by atoms with E-state index in [1.165, 1.54) is 18.4 Å². The largest absolute Gasteiger partial charge is 0.469 e. The molecule has 18 heavy (non-hydrogen) atoms. The van der Waals surface area contributed by atoms with Crippen LogP contribution in [0.1, 0.15) is 25.8 Å². The first-order valence-electron chi connectivity index (χ1n) is 6.39. The molecule has 2 rings (SSSR count). The molecule has 0 radical (unpaired) electrons. The molecule has 0 N–H and O–H groups in total. The molecule has 3 nitrogen and oxygen atoms in total. The van der Waals surface area contributed by atoms with Crippen molar-refractivity contribution >= 4 is 11.7 Å². The van der Waals surface area contributed by atoms with E-state index in [0.29, 0.717) is 0 Å². The van der Waals surface area contributed by atoms with Crippen LogP contribution in [0.15, 0.2) is 24.3 Å². The number of carbonyl (C=O) groups excluding carboxylic acids is 1. The first-order valence-corrected chi connectivity index (χ1v) is 6.39. The molecular weight excluding hydrogens is 226 g/mol. The van der Waals surface area contributed by atoms with Gasteiger partial charge in [0.2, 0.25) is 0 Å². The van der Waals surface area contributed by atoms with Crippen LogP contribution in [0.3, 0.4) is 0 Å². The van der Waals surface area contributed by atoms with Gasteiger partial charge in [0.1, 0.15) is 0 Å². The standard InChI is InChI=1S/C15H21NO2/c1-11-7-5-6-8-13(11)16-10-9-12(14(17)18-4)15(16,2)3/h5-8,12H,9-10H2,1-4H3. The van der Waals surface area contributed by atoms with Crippen LogP contribution in [0.5, 0.6) is 0 Å². The molecule has 1 fully saturated rings. The van der Waals surface area contributed by atoms with Crippen LogP contribution in [0.2, 0.25) is 0 Å². The van der Waals surface area contributed by atoms with Crippen molar-refractivity contribution in [3.63, 3.8) is 0 Å². The zero-order valence-corrected chi connectivity index (χ0v) is 11.6. The van der Waals surface area contributed by atoms with Crippen LogP contribution in [-0.4, -0.2) is 25.2 Å². The summed E-state index contributed by atoms with van der Waals surface area (Å²) >= 11 is 0. The highest BCUT2D eigenvalue weighted by Gasteiger charge is 2.46. The fourth-order valence-corrected chi connectivity index (χ4v) is 2.93. The SMILES string of the molecule is COC(=O)C1CCN(c2ccccc2C)C1(C)C. The van der Waals surface area contributed by atoms with E-state index in [-0.39, 0.29) is 17.4 Å². The molecule has 0 amide bonds. The minimum atomic E-state index is -0.195. The number of hydrogen-bond acceptors (Lipinski definition) is 3. The van der Waals surface area contributed by atoms with E-state index in [1.807, 2.05) is 12.1 Å². The zero-order chi connectivity index (χ0) is 13.3. The maximum absolute atomic E-state index is 11.8. The summed E-state index contributed by atoms with van der Waals surface area (Å²) in [5, 5.41) is 0. The van der Waals surface area contributed by atoms with Crippen molar-refractivity contribution in [3.05, 3.63) is 29.8 Å². The molecule has 1 aromatic carbocycles. The monoisotopic (exact) mass is 247 g/mol. The Morgan fingerprint density at radius 1 is 1.39 bits per heavy atom. The molecule has 1 atom stereocenters. The topological polar surface area (TPSA) is 29.5 Å². The summed E-state index contributed by atoms with van der Waals surface area (Å²) in [4.78, 5) is 14.2. The van der Waals surface area contributed by atoms with Gasteiger partial charge in [-0.05, 0) is 38.8 Å². The first kappa shape index (κ1) is 12.9. The number of rotatable bonds is 2. The number of hydrogen-bond donors (Lipinski definition) is 0. The molecule has 0 spiro atoms. The molecule has 0 aliphatic carbocycles. The third-order valence-corrected chi connectivity index (χ3v) is 4.08. The van der Waals surface area contributed by atoms with Crippen LogP contribution < -0.4 is 4.90 Å². The Morgan fingerprint density at radius 2 is 2.06 bits per heavy atom. The van der Waals surface area contributed by atoms with Gasteiger partial charge in [0.25, 0.3) is 0 Å². The predicted molar refractivity (Wildman–Crippen MR) is 72.7 cm³/mol. The molecule has 98 valence electrons. The fraction of sp³-hybridized carbons (Fsp3) is 0.533. The quantitative estimate of drug-likeness (QED) is 0.753. The minimum Gasteiger partial charge on any atom is -0.469 e. The molecule has 0 aromatic heterocycles. The lowest BCUT2D eigenvalue weighted by Crippen LogP contribution is -2.45. The Labute approximate surface area is 109 Å². The number of esters is 1. The van der Waals surface area contributed by atoms with Crippen LogP contribution in [0, 0.1) is 12.8 Å². The highest BCUT2D eigenvalue weighted by molar-refractivity contribution is 5.76. The molecule has 0 saturated carbocycles. The second-order valence-electron chi connectivity index (χ2n) is 5.46. The average Bonchev–Trinajstić information content (AvgIpc) is 2.64. The second kappa shape index (κ2) is 4.63. The van der Waals surface area contributed by atoms with Gasteiger partial charge in [-0.2, -0.15) is 0 Å². The lowest BCUT2D eigenvalue weighted by molar-refractivity contribution is -0.146. The number of para-hydroxylation sites is 1. The van der Waals surface area contributed by atoms with Gasteiger partial charge in [-0.3, -0.25) is 4.79 Å². The molecule has 1 unspecified atom stereocenters. The van der Waals surface area contributed by atoms with Gasteiger partial charge >= 0.3 is 5.97 Å². The van der Waals surface area contributed by atoms with Crippen molar-refractivity contribution in [1.29, 1.82) is 0 Å². The van der Waals surface area contributed by atoms with E-state index in [0.717, 1.165) is 13.0 Å². The third-order valence-electron chi connectivity index (χ3n) is 4.08. The highest BCUT2D eigenvalue weighted by Crippen LogP contribution is 2.39. The van der Waals surface area contributed by atoms with E-state index < -0.39 is 0 Å². The van der Waals surface area contributed by atoms with Gasteiger partial charge in [0.15, 0.2) is 0 Å². The van der Waals surface area contributed by atoms with Crippen LogP contribution in [-0.2, 0) is 9.53 Å². The highest BCUT2D eigenvalue weighted by atomic mass is 16.5. The van der Waals surface area contributed by atoms with Gasteiger partial charge in [-0.1, -0.05) is 18.2 Å². The summed E-state index contributed by atoms with van der Waals surface area (Å²) in [7, 11) is 1.47. The average molecular weight is 247 g/mol. The summed E-state index contributed by atoms with van der Waals surface area (Å²) < 4.78 is 4.92. The third kappa shape index (κ3) is 1.98. The lowest BCUT2D eigenvalue weighted by Gasteiger charge is -2.37. The molecular formula is C15H21NO2. The predicted octanol–water partition coefficient (Wildman–Crippen LogP) is 2.77. The molecule has 1 aromatic rings. The Kier molecular flexibility index (Phi) is 3.33. The first-order chi connectivity index (χ1) is 8.48. The zero-order valence-electron chi connectivity index (χ0n) is 11.6. The molecule has 1 heterocycles. The van der Waals surface area contributed by atoms with E-state index in [2.05, 4.69) is 37.8 Å². The van der Waals surface area contributed by atoms with E-state index in [9.17, 15) is 4.79 Å². The van der Waals surface area contributed by atoms with E-state index >= 15 is 0 Å². The normalized spacial score (nSPS) is 22.0. The Balaban J connectivity index is 2.33. The van der Waals surface area contributed by atoms with Gasteiger partial charge in [-0.15, -0.1) is 0 Å². The summed E-state index contributed by atoms with van der Waals surface area (Å²) in [6, 6.07) is 8.32. The second-order valence-corrected chi connectivity index (χ2v) is 5.46. The summed E-state index contributed by atoms with van der Waals surface area (Å²) in [5.41, 5.74) is 2.27. The van der Waals surface area contributed by atoms with Crippen molar-refractivity contribution in [2.45, 2.75) is 32.7 Å². The fourth-order valence-electron chi connectivity index (χ4n) is 2.93. The summed E-state index contributed by atoms with van der Waals surface area (Å²) in [5.74, 6) is -0.154. The van der Waals surface area contributed by atoms with Crippen molar-refractivity contribution in [2.75, 3.05) is 18.6 Å². The molecule has 0 bridgehead atoms. The molecule has 1 aliphatic rings. The van der Waals surface area contributed by atoms with Crippen LogP contribution in [0.25, 0.3) is 0 Å². The Hall–Kier alpha value is -1.51. The molecule has 1 aliphatic heterocycles. The summed E-state index contributed by atoms with van der Waals surface area (Å²) in [6.45, 7) is 7.25. The van der Waals surface area contributed by atoms with Crippen LogP contribution >= 0.6 is 0 Å². The minimum absolute atomic E-state index is 0.0536. The van der Waals surface area contributed by atoms with E-state index in [1.54, 1.807) is 0 Å². The number of methoxy groups -OCH3 is 1. The Morgan fingerprint density at radius 3 is 2.67 bits per heavy atom.